The Labute approximate surface area is 180 Å². The van der Waals surface area contributed by atoms with Crippen molar-refractivity contribution in [3.05, 3.63) is 64.3 Å². The lowest BCUT2D eigenvalue weighted by Gasteiger charge is -2.25. The number of hydrogen-bond donors (Lipinski definition) is 3. The SMILES string of the molecule is Cc1cccc2c(C(C=NCc3cccc([C@@](C)(O)C(F)(F)F)[n+]3[O-])=NN)nc(N)nc12. The molecule has 0 bridgehead atoms. The van der Waals surface area contributed by atoms with Gasteiger partial charge in [-0.25, -0.2) is 9.97 Å². The van der Waals surface area contributed by atoms with E-state index in [0.29, 0.717) is 23.5 Å². The van der Waals surface area contributed by atoms with E-state index < -0.39 is 17.5 Å². The number of nitrogens with two attached hydrogens (primary N) is 2. The summed E-state index contributed by atoms with van der Waals surface area (Å²) >= 11 is 0. The van der Waals surface area contributed by atoms with Crippen molar-refractivity contribution >= 4 is 28.8 Å². The quantitative estimate of drug-likeness (QED) is 0.179. The van der Waals surface area contributed by atoms with Crippen molar-refractivity contribution in [1.29, 1.82) is 0 Å². The van der Waals surface area contributed by atoms with E-state index in [1.54, 1.807) is 12.1 Å². The van der Waals surface area contributed by atoms with E-state index in [9.17, 15) is 23.5 Å². The number of nitrogen functional groups attached to an aromatic ring is 1. The van der Waals surface area contributed by atoms with Crippen LogP contribution in [-0.2, 0) is 12.1 Å². The molecule has 12 heteroatoms. The van der Waals surface area contributed by atoms with Crippen LogP contribution in [0.25, 0.3) is 10.9 Å². The molecule has 5 N–H and O–H groups in total. The number of para-hydroxylation sites is 1. The monoisotopic (exact) mass is 447 g/mol. The van der Waals surface area contributed by atoms with Crippen molar-refractivity contribution in [1.82, 2.24) is 9.97 Å². The lowest BCUT2D eigenvalue weighted by molar-refractivity contribution is -0.634. The van der Waals surface area contributed by atoms with E-state index in [-0.39, 0.29) is 28.6 Å². The third-order valence-corrected chi connectivity index (χ3v) is 4.87. The Balaban J connectivity index is 1.94. The predicted octanol–water partition coefficient (Wildman–Crippen LogP) is 1.86. The molecule has 0 unspecified atom stereocenters. The van der Waals surface area contributed by atoms with E-state index >= 15 is 0 Å². The number of aromatic nitrogens is 3. The van der Waals surface area contributed by atoms with Crippen molar-refractivity contribution in [2.45, 2.75) is 32.2 Å². The Kier molecular flexibility index (Phi) is 5.99. The molecule has 0 aliphatic rings. The third kappa shape index (κ3) is 4.17. The van der Waals surface area contributed by atoms with Gasteiger partial charge in [0, 0.05) is 17.5 Å². The third-order valence-electron chi connectivity index (χ3n) is 4.87. The van der Waals surface area contributed by atoms with Crippen molar-refractivity contribution < 1.29 is 23.0 Å². The maximum Gasteiger partial charge on any atom is 0.427 e. The molecule has 0 aliphatic carbocycles. The maximum absolute atomic E-state index is 13.1. The number of aryl methyl sites for hydroxylation is 1. The first kappa shape index (κ1) is 22.9. The molecule has 168 valence electrons. The zero-order chi connectivity index (χ0) is 23.7. The van der Waals surface area contributed by atoms with Crippen LogP contribution in [0.1, 0.15) is 29.6 Å². The Morgan fingerprint density at radius 1 is 1.22 bits per heavy atom. The van der Waals surface area contributed by atoms with Crippen molar-refractivity contribution in [3.8, 4) is 0 Å². The van der Waals surface area contributed by atoms with Gasteiger partial charge in [0.15, 0.2) is 0 Å². The molecule has 1 aromatic carbocycles. The van der Waals surface area contributed by atoms with Gasteiger partial charge in [0.1, 0.15) is 18.0 Å². The standard InChI is InChI=1S/C20H20F3N7O2/c1-11-5-3-7-13-16(11)27-18(24)28-17(13)14(29-25)10-26-9-12-6-4-8-15(30(12)32)19(2,31)20(21,22)23/h3-8,10,31H,9,25H2,1-2H3,(H2,24,27,28)/t19-/m1/s1. The molecule has 2 aromatic heterocycles. The molecule has 0 saturated heterocycles. The van der Waals surface area contributed by atoms with Crippen molar-refractivity contribution in [2.75, 3.05) is 5.73 Å². The zero-order valence-electron chi connectivity index (χ0n) is 17.1. The maximum atomic E-state index is 13.1. The molecule has 1 atom stereocenters. The van der Waals surface area contributed by atoms with Crippen LogP contribution in [0.4, 0.5) is 19.1 Å². The van der Waals surface area contributed by atoms with Gasteiger partial charge in [-0.15, -0.1) is 0 Å². The average Bonchev–Trinajstić information content (AvgIpc) is 2.71. The molecule has 2 heterocycles. The van der Waals surface area contributed by atoms with Gasteiger partial charge in [0.25, 0.3) is 0 Å². The highest BCUT2D eigenvalue weighted by molar-refractivity contribution is 6.40. The van der Waals surface area contributed by atoms with Crippen LogP contribution in [0, 0.1) is 12.1 Å². The molecule has 0 amide bonds. The van der Waals surface area contributed by atoms with Crippen molar-refractivity contribution in [3.63, 3.8) is 0 Å². The van der Waals surface area contributed by atoms with Gasteiger partial charge in [-0.2, -0.15) is 23.0 Å². The number of nitrogens with zero attached hydrogens (tertiary/aromatic N) is 5. The zero-order valence-corrected chi connectivity index (χ0v) is 17.1. The van der Waals surface area contributed by atoms with E-state index in [2.05, 4.69) is 20.1 Å². The van der Waals surface area contributed by atoms with Crippen LogP contribution < -0.4 is 16.3 Å². The number of anilines is 1. The number of alkyl halides is 3. The van der Waals surface area contributed by atoms with E-state index in [0.717, 1.165) is 11.6 Å². The number of fused-ring (bicyclic) bond motifs is 1. The number of hydrazone groups is 1. The molecular weight excluding hydrogens is 427 g/mol. The summed E-state index contributed by atoms with van der Waals surface area (Å²) in [5.74, 6) is 5.49. The summed E-state index contributed by atoms with van der Waals surface area (Å²) in [7, 11) is 0. The van der Waals surface area contributed by atoms with E-state index in [4.69, 9.17) is 11.6 Å². The molecule has 0 radical (unpaired) electrons. The molecule has 3 aromatic rings. The van der Waals surface area contributed by atoms with Crippen molar-refractivity contribution in [2.24, 2.45) is 15.9 Å². The summed E-state index contributed by atoms with van der Waals surface area (Å²) in [5, 5.41) is 26.5. The Bertz CT molecular complexity index is 1220. The highest BCUT2D eigenvalue weighted by Crippen LogP contribution is 2.36. The second kappa shape index (κ2) is 8.38. The van der Waals surface area contributed by atoms with E-state index in [1.165, 1.54) is 18.3 Å². The first-order valence-corrected chi connectivity index (χ1v) is 9.29. The predicted molar refractivity (Wildman–Crippen MR) is 113 cm³/mol. The smallest absolute Gasteiger partial charge is 0.427 e. The van der Waals surface area contributed by atoms with Crippen LogP contribution in [0.3, 0.4) is 0 Å². The van der Waals surface area contributed by atoms with E-state index in [1.807, 2.05) is 13.0 Å². The summed E-state index contributed by atoms with van der Waals surface area (Å²) in [4.78, 5) is 12.5. The highest BCUT2D eigenvalue weighted by atomic mass is 19.4. The minimum absolute atomic E-state index is 0.00386. The lowest BCUT2D eigenvalue weighted by atomic mass is 10.0. The number of rotatable bonds is 5. The number of aliphatic imine (C=N–C) groups is 1. The summed E-state index contributed by atoms with van der Waals surface area (Å²) < 4.78 is 39.4. The van der Waals surface area contributed by atoms with Gasteiger partial charge in [0.2, 0.25) is 22.9 Å². The Morgan fingerprint density at radius 3 is 2.56 bits per heavy atom. The second-order valence-electron chi connectivity index (χ2n) is 7.15. The first-order chi connectivity index (χ1) is 15.0. The molecule has 3 rings (SSSR count). The van der Waals surface area contributed by atoms with Gasteiger partial charge in [-0.05, 0) is 25.5 Å². The summed E-state index contributed by atoms with van der Waals surface area (Å²) in [6, 6.07) is 8.82. The fraction of sp³-hybridized carbons (Fsp3) is 0.250. The molecule has 0 fully saturated rings. The van der Waals surface area contributed by atoms with Crippen LogP contribution in [-0.4, -0.2) is 33.2 Å². The molecular formula is C20H20F3N7O2. The number of aliphatic hydroxyl groups is 1. The van der Waals surface area contributed by atoms with Gasteiger partial charge >= 0.3 is 6.18 Å². The first-order valence-electron chi connectivity index (χ1n) is 9.29. The van der Waals surface area contributed by atoms with Crippen LogP contribution >= 0.6 is 0 Å². The fourth-order valence-corrected chi connectivity index (χ4v) is 3.05. The number of halogens is 3. The van der Waals surface area contributed by atoms with Gasteiger partial charge in [0.05, 0.1) is 11.7 Å². The van der Waals surface area contributed by atoms with Gasteiger partial charge < -0.3 is 21.9 Å². The minimum atomic E-state index is -5.04. The number of pyridine rings is 1. The normalized spacial score (nSPS) is 14.8. The average molecular weight is 447 g/mol. The molecule has 32 heavy (non-hydrogen) atoms. The number of benzene rings is 1. The summed E-state index contributed by atoms with van der Waals surface area (Å²) in [6.07, 6.45) is -3.80. The molecule has 0 saturated carbocycles. The molecule has 9 nitrogen and oxygen atoms in total. The van der Waals surface area contributed by atoms with Crippen LogP contribution in [0.5, 0.6) is 0 Å². The minimum Gasteiger partial charge on any atom is -0.618 e. The van der Waals surface area contributed by atoms with Gasteiger partial charge in [-0.1, -0.05) is 18.2 Å². The summed E-state index contributed by atoms with van der Waals surface area (Å²) in [5.41, 5.74) is 3.38. The highest BCUT2D eigenvalue weighted by Gasteiger charge is 2.56. The number of hydrogen-bond acceptors (Lipinski definition) is 8. The largest absolute Gasteiger partial charge is 0.618 e. The van der Waals surface area contributed by atoms with Crippen LogP contribution in [0.15, 0.2) is 46.5 Å². The Morgan fingerprint density at radius 2 is 1.91 bits per heavy atom. The lowest BCUT2D eigenvalue weighted by Crippen LogP contribution is -2.50. The second-order valence-corrected chi connectivity index (χ2v) is 7.15. The topological polar surface area (TPSA) is 150 Å². The molecule has 0 aliphatic heterocycles. The Hall–Kier alpha value is -3.80. The summed E-state index contributed by atoms with van der Waals surface area (Å²) in [6.45, 7) is 2.05. The fourth-order valence-electron chi connectivity index (χ4n) is 3.05. The van der Waals surface area contributed by atoms with Crippen LogP contribution in [0.2, 0.25) is 0 Å². The van der Waals surface area contributed by atoms with Gasteiger partial charge in [-0.3, -0.25) is 4.99 Å². The molecule has 0 spiro atoms.